The van der Waals surface area contributed by atoms with Crippen LogP contribution in [-0.4, -0.2) is 33.1 Å². The van der Waals surface area contributed by atoms with Crippen molar-refractivity contribution in [3.05, 3.63) is 68.7 Å². The number of ether oxygens (including phenoxy) is 1. The summed E-state index contributed by atoms with van der Waals surface area (Å²) >= 11 is 3.39. The second-order valence-electron chi connectivity index (χ2n) is 7.84. The number of aromatic nitrogens is 2. The molecule has 0 unspecified atom stereocenters. The van der Waals surface area contributed by atoms with Crippen molar-refractivity contribution in [2.24, 2.45) is 5.10 Å². The van der Waals surface area contributed by atoms with E-state index in [4.69, 9.17) is 9.84 Å². The van der Waals surface area contributed by atoms with Crippen molar-refractivity contribution < 1.29 is 14.6 Å². The van der Waals surface area contributed by atoms with Gasteiger partial charge in [-0.2, -0.15) is 9.78 Å². The minimum Gasteiger partial charge on any atom is -0.479 e. The standard InChI is InChI=1S/C22H22BrN3O4/c1-13(20(28)29)30-18-8-6-5-7-14(18)12-24-26-19(27)16-11-15(23)9-10-17(16)25-21(26)22(2,3)4/h5-13H,1-4H3,(H,28,29)/t13-/m0/s1. The number of hydrogen-bond donors (Lipinski definition) is 1. The highest BCUT2D eigenvalue weighted by molar-refractivity contribution is 9.10. The summed E-state index contributed by atoms with van der Waals surface area (Å²) in [7, 11) is 0. The van der Waals surface area contributed by atoms with Crippen molar-refractivity contribution in [1.29, 1.82) is 0 Å². The molecule has 1 heterocycles. The van der Waals surface area contributed by atoms with Crippen molar-refractivity contribution in [1.82, 2.24) is 9.66 Å². The van der Waals surface area contributed by atoms with Gasteiger partial charge in [0.25, 0.3) is 5.56 Å². The van der Waals surface area contributed by atoms with Gasteiger partial charge in [-0.15, -0.1) is 0 Å². The van der Waals surface area contributed by atoms with Gasteiger partial charge in [0, 0.05) is 15.5 Å². The van der Waals surface area contributed by atoms with Crippen molar-refractivity contribution in [2.45, 2.75) is 39.2 Å². The highest BCUT2D eigenvalue weighted by atomic mass is 79.9. The van der Waals surface area contributed by atoms with Gasteiger partial charge >= 0.3 is 5.97 Å². The molecule has 0 amide bonds. The number of fused-ring (bicyclic) bond motifs is 1. The maximum Gasteiger partial charge on any atom is 0.344 e. The lowest BCUT2D eigenvalue weighted by molar-refractivity contribution is -0.144. The highest BCUT2D eigenvalue weighted by Gasteiger charge is 2.23. The van der Waals surface area contributed by atoms with Crippen LogP contribution < -0.4 is 10.3 Å². The molecule has 156 valence electrons. The number of para-hydroxylation sites is 1. The summed E-state index contributed by atoms with van der Waals surface area (Å²) in [6, 6.07) is 12.3. The van der Waals surface area contributed by atoms with Crippen molar-refractivity contribution in [2.75, 3.05) is 0 Å². The number of carbonyl (C=O) groups is 1. The lowest BCUT2D eigenvalue weighted by Crippen LogP contribution is -2.29. The summed E-state index contributed by atoms with van der Waals surface area (Å²) in [5, 5.41) is 14.0. The Hall–Kier alpha value is -3.00. The van der Waals surface area contributed by atoms with Crippen LogP contribution in [0.3, 0.4) is 0 Å². The molecule has 0 bridgehead atoms. The third-order valence-electron chi connectivity index (χ3n) is 4.36. The second kappa shape index (κ2) is 8.39. The van der Waals surface area contributed by atoms with E-state index in [-0.39, 0.29) is 5.56 Å². The van der Waals surface area contributed by atoms with Gasteiger partial charge in [-0.3, -0.25) is 4.79 Å². The molecule has 3 rings (SSSR count). The van der Waals surface area contributed by atoms with Gasteiger partial charge in [0.1, 0.15) is 11.6 Å². The summed E-state index contributed by atoms with van der Waals surface area (Å²) in [4.78, 5) is 29.0. The molecule has 0 fully saturated rings. The van der Waals surface area contributed by atoms with Crippen LogP contribution in [0, 0.1) is 0 Å². The van der Waals surface area contributed by atoms with Crippen molar-refractivity contribution in [3.8, 4) is 5.75 Å². The quantitative estimate of drug-likeness (QED) is 0.562. The minimum atomic E-state index is -1.07. The summed E-state index contributed by atoms with van der Waals surface area (Å²) in [6.07, 6.45) is 0.457. The van der Waals surface area contributed by atoms with Crippen LogP contribution >= 0.6 is 15.9 Å². The number of benzene rings is 2. The topological polar surface area (TPSA) is 93.8 Å². The Balaban J connectivity index is 2.14. The van der Waals surface area contributed by atoms with Gasteiger partial charge < -0.3 is 9.84 Å². The second-order valence-corrected chi connectivity index (χ2v) is 8.76. The van der Waals surface area contributed by atoms with Crippen LogP contribution in [0.4, 0.5) is 0 Å². The van der Waals surface area contributed by atoms with Gasteiger partial charge in [-0.05, 0) is 37.3 Å². The Morgan fingerprint density at radius 1 is 1.27 bits per heavy atom. The highest BCUT2D eigenvalue weighted by Crippen LogP contribution is 2.23. The smallest absolute Gasteiger partial charge is 0.344 e. The molecule has 0 aliphatic rings. The largest absolute Gasteiger partial charge is 0.479 e. The van der Waals surface area contributed by atoms with Gasteiger partial charge in [0.2, 0.25) is 0 Å². The predicted octanol–water partition coefficient (Wildman–Crippen LogP) is 4.19. The summed E-state index contributed by atoms with van der Waals surface area (Å²) in [6.45, 7) is 7.31. The van der Waals surface area contributed by atoms with Crippen LogP contribution in [0.25, 0.3) is 10.9 Å². The lowest BCUT2D eigenvalue weighted by atomic mass is 9.95. The molecule has 1 atom stereocenters. The first kappa shape index (κ1) is 21.7. The van der Waals surface area contributed by atoms with Gasteiger partial charge in [-0.25, -0.2) is 9.78 Å². The van der Waals surface area contributed by atoms with E-state index in [0.717, 1.165) is 4.47 Å². The average Bonchev–Trinajstić information content (AvgIpc) is 2.67. The van der Waals surface area contributed by atoms with E-state index in [9.17, 15) is 9.59 Å². The molecule has 0 radical (unpaired) electrons. The fraction of sp³-hybridized carbons (Fsp3) is 0.273. The number of halogens is 1. The Morgan fingerprint density at radius 3 is 2.63 bits per heavy atom. The van der Waals surface area contributed by atoms with E-state index < -0.39 is 17.5 Å². The minimum absolute atomic E-state index is 0.292. The van der Waals surface area contributed by atoms with E-state index in [1.165, 1.54) is 17.8 Å². The molecule has 30 heavy (non-hydrogen) atoms. The molecular weight excluding hydrogens is 450 g/mol. The molecular formula is C22H22BrN3O4. The van der Waals surface area contributed by atoms with E-state index >= 15 is 0 Å². The number of hydrogen-bond acceptors (Lipinski definition) is 5. The number of nitrogens with zero attached hydrogens (tertiary/aromatic N) is 3. The van der Waals surface area contributed by atoms with E-state index in [2.05, 4.69) is 26.0 Å². The monoisotopic (exact) mass is 471 g/mol. The fourth-order valence-electron chi connectivity index (χ4n) is 2.80. The van der Waals surface area contributed by atoms with Crippen LogP contribution in [0.5, 0.6) is 5.75 Å². The number of rotatable bonds is 5. The predicted molar refractivity (Wildman–Crippen MR) is 120 cm³/mol. The molecule has 8 heteroatoms. The Labute approximate surface area is 182 Å². The number of carboxylic acids is 1. The average molecular weight is 472 g/mol. The van der Waals surface area contributed by atoms with Gasteiger partial charge in [0.15, 0.2) is 6.10 Å². The molecule has 3 aromatic rings. The van der Waals surface area contributed by atoms with E-state index in [0.29, 0.717) is 28.0 Å². The van der Waals surface area contributed by atoms with Crippen LogP contribution in [-0.2, 0) is 10.2 Å². The molecule has 0 aliphatic heterocycles. The van der Waals surface area contributed by atoms with Crippen molar-refractivity contribution in [3.63, 3.8) is 0 Å². The van der Waals surface area contributed by atoms with Gasteiger partial charge in [-0.1, -0.05) is 48.8 Å². The first-order valence-electron chi connectivity index (χ1n) is 9.33. The van der Waals surface area contributed by atoms with E-state index in [1.807, 2.05) is 26.8 Å². The molecule has 7 nitrogen and oxygen atoms in total. The molecule has 0 saturated carbocycles. The van der Waals surface area contributed by atoms with Gasteiger partial charge in [0.05, 0.1) is 17.1 Å². The molecule has 0 spiro atoms. The van der Waals surface area contributed by atoms with Crippen LogP contribution in [0.1, 0.15) is 39.1 Å². The molecule has 0 saturated heterocycles. The number of aliphatic carboxylic acids is 1. The van der Waals surface area contributed by atoms with E-state index in [1.54, 1.807) is 36.4 Å². The molecule has 1 aromatic heterocycles. The molecule has 0 aliphatic carbocycles. The fourth-order valence-corrected chi connectivity index (χ4v) is 3.16. The third-order valence-corrected chi connectivity index (χ3v) is 4.86. The SMILES string of the molecule is C[C@H](Oc1ccccc1C=Nn1c(C(C)(C)C)nc2ccc(Br)cc2c1=O)C(=O)O. The first-order chi connectivity index (χ1) is 14.1. The third kappa shape index (κ3) is 4.59. The Bertz CT molecular complexity index is 1200. The summed E-state index contributed by atoms with van der Waals surface area (Å²) < 4.78 is 7.57. The Morgan fingerprint density at radius 2 is 1.97 bits per heavy atom. The molecule has 2 aromatic carbocycles. The molecule has 1 N–H and O–H groups in total. The zero-order valence-corrected chi connectivity index (χ0v) is 18.7. The maximum atomic E-state index is 13.2. The van der Waals surface area contributed by atoms with Crippen LogP contribution in [0.15, 0.2) is 56.8 Å². The van der Waals surface area contributed by atoms with Crippen LogP contribution in [0.2, 0.25) is 0 Å². The summed E-state index contributed by atoms with van der Waals surface area (Å²) in [5.41, 5.74) is 0.413. The maximum absolute atomic E-state index is 13.2. The zero-order chi connectivity index (χ0) is 22.1. The lowest BCUT2D eigenvalue weighted by Gasteiger charge is -2.21. The zero-order valence-electron chi connectivity index (χ0n) is 17.1. The number of carboxylic acid groups (broad SMARTS) is 1. The first-order valence-corrected chi connectivity index (χ1v) is 10.1. The normalized spacial score (nSPS) is 13.0. The Kier molecular flexibility index (Phi) is 6.07. The van der Waals surface area contributed by atoms with Crippen molar-refractivity contribution >= 4 is 39.0 Å². The summed E-state index contributed by atoms with van der Waals surface area (Å²) in [5.74, 6) is -0.203.